The summed E-state index contributed by atoms with van der Waals surface area (Å²) in [5.74, 6) is -2.89. The third-order valence-corrected chi connectivity index (χ3v) is 2.00. The molecule has 0 aliphatic carbocycles. The van der Waals surface area contributed by atoms with Crippen LogP contribution in [0, 0.1) is 0 Å². The van der Waals surface area contributed by atoms with Crippen molar-refractivity contribution >= 4 is 6.09 Å². The van der Waals surface area contributed by atoms with Gasteiger partial charge >= 0.3 is 0 Å². The fourth-order valence-electron chi connectivity index (χ4n) is 1.15. The van der Waals surface area contributed by atoms with Crippen LogP contribution in [0.3, 0.4) is 0 Å². The number of hydrogen-bond acceptors (Lipinski definition) is 2. The van der Waals surface area contributed by atoms with Crippen molar-refractivity contribution in [2.24, 2.45) is 0 Å². The number of carboxylic acid groups (broad SMARTS) is 1. The second kappa shape index (κ2) is 2.32. The first-order valence-electron chi connectivity index (χ1n) is 3.30. The number of hydrogen-bond donors (Lipinski definition) is 0. The largest absolute Gasteiger partial charge is 0.530 e. The van der Waals surface area contributed by atoms with E-state index in [1.54, 1.807) is 0 Å². The lowest BCUT2D eigenvalue weighted by Crippen LogP contribution is -2.46. The van der Waals surface area contributed by atoms with E-state index in [-0.39, 0.29) is 6.54 Å². The summed E-state index contributed by atoms with van der Waals surface area (Å²) in [4.78, 5) is 10.8. The van der Waals surface area contributed by atoms with Crippen molar-refractivity contribution in [1.82, 2.24) is 4.90 Å². The van der Waals surface area contributed by atoms with Gasteiger partial charge in [-0.2, -0.15) is 0 Å². The Labute approximate surface area is 62.6 Å². The molecule has 3 nitrogen and oxygen atoms in total. The van der Waals surface area contributed by atoms with Crippen molar-refractivity contribution in [2.75, 3.05) is 6.54 Å². The van der Waals surface area contributed by atoms with Gasteiger partial charge in [0.05, 0.1) is 6.04 Å². The lowest BCUT2D eigenvalue weighted by Gasteiger charge is -2.25. The zero-order valence-corrected chi connectivity index (χ0v) is 6.01. The molecule has 1 aliphatic rings. The SMILES string of the molecule is CC1N(C(=O)[O-])CCC1(F)F. The van der Waals surface area contributed by atoms with Crippen molar-refractivity contribution < 1.29 is 18.7 Å². The summed E-state index contributed by atoms with van der Waals surface area (Å²) in [7, 11) is 0. The van der Waals surface area contributed by atoms with Crippen molar-refractivity contribution in [1.29, 1.82) is 0 Å². The third-order valence-electron chi connectivity index (χ3n) is 2.00. The van der Waals surface area contributed by atoms with E-state index in [0.717, 1.165) is 0 Å². The highest BCUT2D eigenvalue weighted by Crippen LogP contribution is 2.32. The minimum Gasteiger partial charge on any atom is -0.530 e. The number of likely N-dealkylation sites (tertiary alicyclic amines) is 1. The minimum absolute atomic E-state index is 0.128. The molecule has 0 aromatic rings. The quantitative estimate of drug-likeness (QED) is 0.508. The molecule has 64 valence electrons. The van der Waals surface area contributed by atoms with E-state index in [2.05, 4.69) is 0 Å². The van der Waals surface area contributed by atoms with Crippen LogP contribution in [0.15, 0.2) is 0 Å². The second-order valence-corrected chi connectivity index (χ2v) is 2.65. The summed E-state index contributed by atoms with van der Waals surface area (Å²) in [6.45, 7) is 1.05. The average molecular weight is 164 g/mol. The van der Waals surface area contributed by atoms with E-state index in [1.807, 2.05) is 0 Å². The van der Waals surface area contributed by atoms with Crippen LogP contribution in [0.4, 0.5) is 13.6 Å². The lowest BCUT2D eigenvalue weighted by atomic mass is 10.2. The number of halogens is 2. The first-order chi connectivity index (χ1) is 4.95. The maximum absolute atomic E-state index is 12.6. The Kier molecular flexibility index (Phi) is 1.74. The van der Waals surface area contributed by atoms with Gasteiger partial charge in [0.15, 0.2) is 0 Å². The first-order valence-corrected chi connectivity index (χ1v) is 3.30. The van der Waals surface area contributed by atoms with Crippen LogP contribution in [0.5, 0.6) is 0 Å². The van der Waals surface area contributed by atoms with Gasteiger partial charge in [-0.05, 0) is 6.92 Å². The maximum Gasteiger partial charge on any atom is 0.269 e. The number of rotatable bonds is 0. The standard InChI is InChI=1S/C6H9F2NO2/c1-4-6(7,8)2-3-9(4)5(10)11/h4H,2-3H2,1H3,(H,10,11)/p-1. The first kappa shape index (κ1) is 8.23. The zero-order chi connectivity index (χ0) is 8.65. The molecule has 11 heavy (non-hydrogen) atoms. The molecule has 0 N–H and O–H groups in total. The predicted octanol–water partition coefficient (Wildman–Crippen LogP) is 0.0592. The van der Waals surface area contributed by atoms with Crippen molar-refractivity contribution in [3.63, 3.8) is 0 Å². The van der Waals surface area contributed by atoms with Gasteiger partial charge in [0.25, 0.3) is 5.92 Å². The van der Waals surface area contributed by atoms with Crippen LogP contribution in [-0.2, 0) is 0 Å². The Balaban J connectivity index is 2.71. The topological polar surface area (TPSA) is 43.4 Å². The molecule has 5 heteroatoms. The maximum atomic E-state index is 12.6. The Morgan fingerprint density at radius 2 is 2.27 bits per heavy atom. The highest BCUT2D eigenvalue weighted by Gasteiger charge is 2.45. The number of carbonyl (C=O) groups excluding carboxylic acids is 1. The Bertz CT molecular complexity index is 183. The molecule has 0 aromatic carbocycles. The molecule has 0 spiro atoms. The summed E-state index contributed by atoms with van der Waals surface area (Å²) >= 11 is 0. The van der Waals surface area contributed by atoms with E-state index in [9.17, 15) is 18.7 Å². The highest BCUT2D eigenvalue weighted by molar-refractivity contribution is 5.63. The van der Waals surface area contributed by atoms with Crippen molar-refractivity contribution in [3.05, 3.63) is 0 Å². The van der Waals surface area contributed by atoms with Gasteiger partial charge in [-0.1, -0.05) is 0 Å². The van der Waals surface area contributed by atoms with Gasteiger partial charge in [0.2, 0.25) is 0 Å². The molecular formula is C6H8F2NO2-. The Morgan fingerprint density at radius 3 is 2.45 bits per heavy atom. The molecule has 1 aliphatic heterocycles. The summed E-state index contributed by atoms with van der Waals surface area (Å²) < 4.78 is 25.2. The van der Waals surface area contributed by atoms with E-state index in [0.29, 0.717) is 4.90 Å². The number of nitrogens with zero attached hydrogens (tertiary/aromatic N) is 1. The van der Waals surface area contributed by atoms with Crippen LogP contribution in [-0.4, -0.2) is 29.5 Å². The summed E-state index contributed by atoms with van der Waals surface area (Å²) in [6, 6.07) is -1.24. The molecule has 0 saturated carbocycles. The van der Waals surface area contributed by atoms with Crippen LogP contribution in [0.2, 0.25) is 0 Å². The summed E-state index contributed by atoms with van der Waals surface area (Å²) in [6.07, 6.45) is -1.92. The Morgan fingerprint density at radius 1 is 1.73 bits per heavy atom. The molecule has 0 aromatic heterocycles. The molecule has 1 rings (SSSR count). The molecule has 1 heterocycles. The number of amides is 1. The highest BCUT2D eigenvalue weighted by atomic mass is 19.3. The van der Waals surface area contributed by atoms with Gasteiger partial charge < -0.3 is 14.8 Å². The van der Waals surface area contributed by atoms with Gasteiger partial charge in [-0.15, -0.1) is 0 Å². The molecule has 1 amide bonds. The smallest absolute Gasteiger partial charge is 0.269 e. The molecule has 1 fully saturated rings. The average Bonchev–Trinajstić information content (AvgIpc) is 2.09. The fraction of sp³-hybridized carbons (Fsp3) is 0.833. The van der Waals surface area contributed by atoms with Crippen molar-refractivity contribution in [3.8, 4) is 0 Å². The molecule has 1 saturated heterocycles. The molecule has 0 radical (unpaired) electrons. The van der Waals surface area contributed by atoms with Gasteiger partial charge in [0, 0.05) is 13.0 Å². The van der Waals surface area contributed by atoms with E-state index >= 15 is 0 Å². The molecular weight excluding hydrogens is 156 g/mol. The van der Waals surface area contributed by atoms with E-state index < -0.39 is 24.5 Å². The van der Waals surface area contributed by atoms with E-state index in [1.165, 1.54) is 6.92 Å². The van der Waals surface area contributed by atoms with Gasteiger partial charge in [-0.25, -0.2) is 8.78 Å². The normalized spacial score (nSPS) is 29.0. The number of carbonyl (C=O) groups is 1. The molecule has 1 unspecified atom stereocenters. The van der Waals surface area contributed by atoms with Crippen LogP contribution in [0.25, 0.3) is 0 Å². The second-order valence-electron chi connectivity index (χ2n) is 2.65. The van der Waals surface area contributed by atoms with Gasteiger partial charge in [0.1, 0.15) is 6.09 Å². The molecule has 0 bridgehead atoms. The number of alkyl halides is 2. The Hall–Kier alpha value is -0.870. The summed E-state index contributed by atoms with van der Waals surface area (Å²) in [5, 5.41) is 10.2. The third kappa shape index (κ3) is 1.27. The fourth-order valence-corrected chi connectivity index (χ4v) is 1.15. The minimum atomic E-state index is -2.89. The lowest BCUT2D eigenvalue weighted by molar-refractivity contribution is -0.267. The zero-order valence-electron chi connectivity index (χ0n) is 6.01. The van der Waals surface area contributed by atoms with E-state index in [4.69, 9.17) is 0 Å². The monoisotopic (exact) mass is 164 g/mol. The van der Waals surface area contributed by atoms with Crippen molar-refractivity contribution in [2.45, 2.75) is 25.3 Å². The summed E-state index contributed by atoms with van der Waals surface area (Å²) in [5.41, 5.74) is 0. The van der Waals surface area contributed by atoms with Crippen LogP contribution >= 0.6 is 0 Å². The molecule has 1 atom stereocenters. The van der Waals surface area contributed by atoms with Crippen LogP contribution in [0.1, 0.15) is 13.3 Å². The van der Waals surface area contributed by atoms with Crippen LogP contribution < -0.4 is 5.11 Å². The van der Waals surface area contributed by atoms with Gasteiger partial charge in [-0.3, -0.25) is 0 Å². The predicted molar refractivity (Wildman–Crippen MR) is 31.1 cm³/mol.